The summed E-state index contributed by atoms with van der Waals surface area (Å²) in [7, 11) is 0. The van der Waals surface area contributed by atoms with Crippen LogP contribution in [0.1, 0.15) is 31.1 Å². The van der Waals surface area contributed by atoms with Crippen molar-refractivity contribution >= 4 is 41.3 Å². The number of benzene rings is 1. The van der Waals surface area contributed by atoms with Gasteiger partial charge < -0.3 is 24.8 Å². The molecule has 2 aromatic rings. The van der Waals surface area contributed by atoms with Crippen LogP contribution in [0, 0.1) is 0 Å². The van der Waals surface area contributed by atoms with E-state index >= 15 is 0 Å². The van der Waals surface area contributed by atoms with E-state index in [1.807, 2.05) is 0 Å². The first-order valence-electron chi connectivity index (χ1n) is 10.2. The number of nitrogens with one attached hydrogen (secondary N) is 3. The first kappa shape index (κ1) is 24.8. The lowest BCUT2D eigenvalue weighted by atomic mass is 10.1. The van der Waals surface area contributed by atoms with E-state index in [-0.39, 0.29) is 29.0 Å². The zero-order chi connectivity index (χ0) is 24.7. The second-order valence-corrected chi connectivity index (χ2v) is 9.05. The molecule has 1 aromatic carbocycles. The average molecular weight is 489 g/mol. The highest BCUT2D eigenvalue weighted by molar-refractivity contribution is 8.00. The van der Waals surface area contributed by atoms with Crippen molar-refractivity contribution in [2.75, 3.05) is 24.5 Å². The highest BCUT2D eigenvalue weighted by atomic mass is 32.2. The van der Waals surface area contributed by atoms with Crippen molar-refractivity contribution in [3.05, 3.63) is 42.1 Å². The molecule has 11 nitrogen and oxygen atoms in total. The van der Waals surface area contributed by atoms with Crippen LogP contribution >= 0.6 is 11.8 Å². The fraction of sp³-hybridized carbons (Fsp3) is 0.318. The number of rotatable bonds is 7. The van der Waals surface area contributed by atoms with E-state index < -0.39 is 30.1 Å². The first-order valence-corrected chi connectivity index (χ1v) is 11.2. The maximum atomic E-state index is 12.4. The number of carbonyl (C=O) groups excluding carboxylic acids is 4. The molecule has 34 heavy (non-hydrogen) atoms. The van der Waals surface area contributed by atoms with Gasteiger partial charge in [0.05, 0.1) is 11.3 Å². The van der Waals surface area contributed by atoms with E-state index in [2.05, 4.69) is 20.9 Å². The van der Waals surface area contributed by atoms with E-state index in [0.717, 1.165) is 11.8 Å². The molecule has 3 rings (SSSR count). The van der Waals surface area contributed by atoms with Crippen molar-refractivity contribution < 1.29 is 33.4 Å². The molecule has 0 radical (unpaired) electrons. The molecule has 0 fully saturated rings. The number of ether oxygens (including phenoxy) is 3. The lowest BCUT2D eigenvalue weighted by Gasteiger charge is -2.20. The summed E-state index contributed by atoms with van der Waals surface area (Å²) in [5.74, 6) is -0.792. The van der Waals surface area contributed by atoms with Gasteiger partial charge in [-0.05, 0) is 45.0 Å². The first-order chi connectivity index (χ1) is 16.1. The molecule has 0 atom stereocenters. The summed E-state index contributed by atoms with van der Waals surface area (Å²) in [4.78, 5) is 52.5. The predicted octanol–water partition coefficient (Wildman–Crippen LogP) is 2.32. The molecule has 0 spiro atoms. The van der Waals surface area contributed by atoms with Crippen LogP contribution in [0.5, 0.6) is 11.5 Å². The van der Waals surface area contributed by atoms with Crippen molar-refractivity contribution in [1.29, 1.82) is 0 Å². The quantitative estimate of drug-likeness (QED) is 0.395. The largest absolute Gasteiger partial charge is 0.454 e. The monoisotopic (exact) mass is 488 g/mol. The topological polar surface area (TPSA) is 145 Å². The minimum absolute atomic E-state index is 0.0286. The van der Waals surface area contributed by atoms with E-state index in [1.54, 1.807) is 39.0 Å². The Labute approximate surface area is 199 Å². The second-order valence-electron chi connectivity index (χ2n) is 8.09. The fourth-order valence-electron chi connectivity index (χ4n) is 2.71. The van der Waals surface area contributed by atoms with Crippen LogP contribution in [0.4, 0.5) is 10.5 Å². The van der Waals surface area contributed by atoms with Crippen LogP contribution in [0.25, 0.3) is 0 Å². The Hall–Kier alpha value is -3.80. The molecular formula is C22H24N4O7S. The fourth-order valence-corrected chi connectivity index (χ4v) is 3.49. The van der Waals surface area contributed by atoms with Gasteiger partial charge in [-0.15, -0.1) is 0 Å². The lowest BCUT2D eigenvalue weighted by molar-refractivity contribution is -0.123. The second kappa shape index (κ2) is 10.9. The molecule has 0 saturated carbocycles. The SMILES string of the molecule is CC(C)(C)NC(=O)NC(=O)COC(=O)c1cccnc1SCC(=O)Nc1ccc2c(c1)OCO2. The molecule has 2 heterocycles. The number of fused-ring (bicyclic) bond motifs is 1. The van der Waals surface area contributed by atoms with Crippen LogP contribution in [0.3, 0.4) is 0 Å². The molecule has 0 bridgehead atoms. The third kappa shape index (κ3) is 7.37. The van der Waals surface area contributed by atoms with Gasteiger partial charge in [-0.3, -0.25) is 14.9 Å². The van der Waals surface area contributed by atoms with Crippen LogP contribution in [-0.2, 0) is 14.3 Å². The minimum atomic E-state index is -0.807. The van der Waals surface area contributed by atoms with Crippen molar-refractivity contribution in [3.8, 4) is 11.5 Å². The summed E-state index contributed by atoms with van der Waals surface area (Å²) >= 11 is 1.03. The number of urea groups is 1. The van der Waals surface area contributed by atoms with Gasteiger partial charge in [0.1, 0.15) is 5.03 Å². The Morgan fingerprint density at radius 2 is 1.85 bits per heavy atom. The van der Waals surface area contributed by atoms with E-state index in [4.69, 9.17) is 14.2 Å². The van der Waals surface area contributed by atoms with E-state index in [1.165, 1.54) is 18.3 Å². The molecule has 12 heteroatoms. The molecule has 3 N–H and O–H groups in total. The van der Waals surface area contributed by atoms with Gasteiger partial charge in [0.15, 0.2) is 18.1 Å². The Morgan fingerprint density at radius 1 is 1.09 bits per heavy atom. The average Bonchev–Trinajstić information content (AvgIpc) is 3.23. The van der Waals surface area contributed by atoms with Crippen LogP contribution in [0.2, 0.25) is 0 Å². The minimum Gasteiger partial charge on any atom is -0.454 e. The summed E-state index contributed by atoms with van der Waals surface area (Å²) in [6.45, 7) is 4.75. The van der Waals surface area contributed by atoms with Crippen molar-refractivity contribution in [3.63, 3.8) is 0 Å². The molecule has 0 saturated heterocycles. The highest BCUT2D eigenvalue weighted by Gasteiger charge is 2.20. The number of amides is 4. The van der Waals surface area contributed by atoms with Crippen molar-refractivity contribution in [2.45, 2.75) is 31.3 Å². The Bertz CT molecular complexity index is 1100. The molecule has 180 valence electrons. The summed E-state index contributed by atoms with van der Waals surface area (Å²) < 4.78 is 15.5. The number of thioether (sulfide) groups is 1. The smallest absolute Gasteiger partial charge is 0.341 e. The number of hydrogen-bond acceptors (Lipinski definition) is 9. The van der Waals surface area contributed by atoms with Gasteiger partial charge in [-0.2, -0.15) is 0 Å². The third-order valence-corrected chi connectivity index (χ3v) is 5.07. The van der Waals surface area contributed by atoms with Crippen LogP contribution in [-0.4, -0.2) is 53.5 Å². The summed E-state index contributed by atoms with van der Waals surface area (Å²) in [6, 6.07) is 7.34. The predicted molar refractivity (Wildman–Crippen MR) is 123 cm³/mol. The standard InChI is InChI=1S/C22H24N4O7S/c1-22(2,3)26-21(30)25-17(27)10-31-20(29)14-5-4-8-23-19(14)34-11-18(28)24-13-6-7-15-16(9-13)33-12-32-15/h4-9H,10-12H2,1-3H3,(H,24,28)(H2,25,26,27,30). The number of esters is 1. The number of pyridine rings is 1. The maximum absolute atomic E-state index is 12.4. The molecule has 1 aliphatic rings. The Balaban J connectivity index is 1.50. The lowest BCUT2D eigenvalue weighted by Crippen LogP contribution is -2.49. The number of hydrogen-bond donors (Lipinski definition) is 3. The summed E-state index contributed by atoms with van der Waals surface area (Å²) in [5, 5.41) is 7.64. The third-order valence-electron chi connectivity index (χ3n) is 4.06. The maximum Gasteiger partial charge on any atom is 0.341 e. The van der Waals surface area contributed by atoms with Gasteiger partial charge in [0, 0.05) is 23.5 Å². The molecule has 0 aliphatic carbocycles. The van der Waals surface area contributed by atoms with E-state index in [9.17, 15) is 19.2 Å². The van der Waals surface area contributed by atoms with Gasteiger partial charge in [-0.25, -0.2) is 14.6 Å². The number of carbonyl (C=O) groups is 4. The zero-order valence-electron chi connectivity index (χ0n) is 18.8. The molecule has 1 aromatic heterocycles. The number of aromatic nitrogens is 1. The summed E-state index contributed by atoms with van der Waals surface area (Å²) in [5.41, 5.74) is 0.102. The van der Waals surface area contributed by atoms with Gasteiger partial charge in [0.2, 0.25) is 12.7 Å². The highest BCUT2D eigenvalue weighted by Crippen LogP contribution is 2.34. The van der Waals surface area contributed by atoms with Crippen LogP contribution in [0.15, 0.2) is 41.6 Å². The number of imide groups is 1. The molecular weight excluding hydrogens is 464 g/mol. The van der Waals surface area contributed by atoms with Gasteiger partial charge in [-0.1, -0.05) is 11.8 Å². The molecule has 0 unspecified atom stereocenters. The zero-order valence-corrected chi connectivity index (χ0v) is 19.6. The van der Waals surface area contributed by atoms with E-state index in [0.29, 0.717) is 17.2 Å². The van der Waals surface area contributed by atoms with Crippen molar-refractivity contribution in [2.24, 2.45) is 0 Å². The van der Waals surface area contributed by atoms with Gasteiger partial charge >= 0.3 is 12.0 Å². The Morgan fingerprint density at radius 3 is 2.62 bits per heavy atom. The van der Waals surface area contributed by atoms with Crippen LogP contribution < -0.4 is 25.4 Å². The number of nitrogens with zero attached hydrogens (tertiary/aromatic N) is 1. The van der Waals surface area contributed by atoms with Crippen molar-refractivity contribution in [1.82, 2.24) is 15.6 Å². The summed E-state index contributed by atoms with van der Waals surface area (Å²) in [6.07, 6.45) is 1.47. The molecule has 4 amide bonds. The molecule has 1 aliphatic heterocycles. The Kier molecular flexibility index (Phi) is 7.95. The number of anilines is 1. The normalized spacial score (nSPS) is 12.0. The van der Waals surface area contributed by atoms with Gasteiger partial charge in [0.25, 0.3) is 5.91 Å².